The first-order valence-electron chi connectivity index (χ1n) is 9.14. The van der Waals surface area contributed by atoms with Crippen molar-refractivity contribution >= 4 is 17.5 Å². The lowest BCUT2D eigenvalue weighted by Crippen LogP contribution is -2.05. The van der Waals surface area contributed by atoms with Crippen molar-refractivity contribution in [2.45, 2.75) is 11.6 Å². The SMILES string of the molecule is O=C(CSc1nnnn1-c1ccc(O)cc1)c1ccc2c(c1)-c1ccccc1C2. The van der Waals surface area contributed by atoms with E-state index >= 15 is 0 Å². The summed E-state index contributed by atoms with van der Waals surface area (Å²) < 4.78 is 1.55. The van der Waals surface area contributed by atoms with Crippen LogP contribution >= 0.6 is 11.8 Å². The van der Waals surface area contributed by atoms with Crippen molar-refractivity contribution < 1.29 is 9.90 Å². The van der Waals surface area contributed by atoms with Gasteiger partial charge in [-0.1, -0.05) is 48.2 Å². The number of phenols is 1. The number of rotatable bonds is 5. The average Bonchev–Trinajstić information content (AvgIpc) is 3.36. The van der Waals surface area contributed by atoms with Crippen molar-refractivity contribution in [1.82, 2.24) is 20.2 Å². The zero-order valence-corrected chi connectivity index (χ0v) is 16.1. The van der Waals surface area contributed by atoms with E-state index in [0.717, 1.165) is 17.7 Å². The first-order valence-corrected chi connectivity index (χ1v) is 10.1. The topological polar surface area (TPSA) is 80.9 Å². The number of tetrazole rings is 1. The Kier molecular flexibility index (Phi) is 4.37. The monoisotopic (exact) mass is 400 g/mol. The number of hydrogen-bond donors (Lipinski definition) is 1. The zero-order valence-electron chi connectivity index (χ0n) is 15.3. The minimum atomic E-state index is 0.0300. The molecule has 1 N–H and O–H groups in total. The van der Waals surface area contributed by atoms with Gasteiger partial charge in [0.2, 0.25) is 5.16 Å². The van der Waals surface area contributed by atoms with Crippen molar-refractivity contribution in [3.05, 3.63) is 83.4 Å². The summed E-state index contributed by atoms with van der Waals surface area (Å²) in [6.07, 6.45) is 0.913. The second-order valence-electron chi connectivity index (χ2n) is 6.81. The Balaban J connectivity index is 1.34. The van der Waals surface area contributed by atoms with Crippen molar-refractivity contribution in [3.63, 3.8) is 0 Å². The lowest BCUT2D eigenvalue weighted by atomic mass is 10.0. The highest BCUT2D eigenvalue weighted by atomic mass is 32.2. The first-order chi connectivity index (χ1) is 14.2. The third-order valence-corrected chi connectivity index (χ3v) is 5.91. The van der Waals surface area contributed by atoms with E-state index in [1.54, 1.807) is 28.9 Å². The van der Waals surface area contributed by atoms with Gasteiger partial charge in [0.1, 0.15) is 5.75 Å². The molecule has 142 valence electrons. The Morgan fingerprint density at radius 2 is 1.79 bits per heavy atom. The van der Waals surface area contributed by atoms with Crippen LogP contribution in [0.2, 0.25) is 0 Å². The van der Waals surface area contributed by atoms with Crippen LogP contribution in [0, 0.1) is 0 Å². The molecule has 0 fully saturated rings. The molecule has 0 saturated carbocycles. The van der Waals surface area contributed by atoms with Crippen LogP contribution in [0.3, 0.4) is 0 Å². The quantitative estimate of drug-likeness (QED) is 0.356. The molecule has 1 aliphatic carbocycles. The Bertz CT molecular complexity index is 1220. The molecule has 6 nitrogen and oxygen atoms in total. The lowest BCUT2D eigenvalue weighted by Gasteiger charge is -2.06. The van der Waals surface area contributed by atoms with Crippen LogP contribution in [-0.4, -0.2) is 36.8 Å². The maximum atomic E-state index is 12.8. The maximum absolute atomic E-state index is 12.8. The molecule has 0 unspecified atom stereocenters. The van der Waals surface area contributed by atoms with Gasteiger partial charge in [0.15, 0.2) is 5.78 Å². The molecule has 0 amide bonds. The molecule has 3 aromatic carbocycles. The van der Waals surface area contributed by atoms with Gasteiger partial charge < -0.3 is 5.11 Å². The van der Waals surface area contributed by atoms with Crippen molar-refractivity contribution in [1.29, 1.82) is 0 Å². The highest BCUT2D eigenvalue weighted by Crippen LogP contribution is 2.37. The summed E-state index contributed by atoms with van der Waals surface area (Å²) in [7, 11) is 0. The number of thioether (sulfide) groups is 1. The van der Waals surface area contributed by atoms with Gasteiger partial charge in [-0.3, -0.25) is 4.79 Å². The smallest absolute Gasteiger partial charge is 0.214 e. The third-order valence-electron chi connectivity index (χ3n) is 4.99. The van der Waals surface area contributed by atoms with E-state index in [2.05, 4.69) is 27.7 Å². The number of Topliss-reactive ketones (excluding diaryl/α,β-unsaturated/α-hetero) is 1. The lowest BCUT2D eigenvalue weighted by molar-refractivity contribution is 0.102. The summed E-state index contributed by atoms with van der Waals surface area (Å²) in [4.78, 5) is 12.8. The van der Waals surface area contributed by atoms with Gasteiger partial charge in [0.25, 0.3) is 0 Å². The van der Waals surface area contributed by atoms with Gasteiger partial charge in [0.05, 0.1) is 11.4 Å². The van der Waals surface area contributed by atoms with Gasteiger partial charge in [-0.2, -0.15) is 4.68 Å². The first kappa shape index (κ1) is 17.6. The number of aromatic nitrogens is 4. The normalized spacial score (nSPS) is 11.9. The van der Waals surface area contributed by atoms with Crippen LogP contribution in [0.15, 0.2) is 71.9 Å². The molecule has 1 aliphatic rings. The van der Waals surface area contributed by atoms with Crippen LogP contribution in [0.5, 0.6) is 5.75 Å². The second kappa shape index (κ2) is 7.18. The minimum Gasteiger partial charge on any atom is -0.508 e. The van der Waals surface area contributed by atoms with E-state index in [-0.39, 0.29) is 17.3 Å². The predicted molar refractivity (Wildman–Crippen MR) is 111 cm³/mol. The van der Waals surface area contributed by atoms with Gasteiger partial charge in [0, 0.05) is 5.56 Å². The molecule has 0 bridgehead atoms. The van der Waals surface area contributed by atoms with E-state index in [0.29, 0.717) is 10.7 Å². The summed E-state index contributed by atoms with van der Waals surface area (Å²) in [5.74, 6) is 0.436. The second-order valence-corrected chi connectivity index (χ2v) is 7.75. The summed E-state index contributed by atoms with van der Waals surface area (Å²) in [6.45, 7) is 0. The third kappa shape index (κ3) is 3.30. The largest absolute Gasteiger partial charge is 0.508 e. The Hall–Kier alpha value is -3.45. The Labute approximate surface area is 171 Å². The van der Waals surface area contributed by atoms with E-state index < -0.39 is 0 Å². The summed E-state index contributed by atoms with van der Waals surface area (Å²) in [6, 6.07) is 20.8. The van der Waals surface area contributed by atoms with E-state index in [4.69, 9.17) is 0 Å². The molecule has 4 aromatic rings. The fourth-order valence-corrected chi connectivity index (χ4v) is 4.32. The predicted octanol–water partition coefficient (Wildman–Crippen LogP) is 3.91. The van der Waals surface area contributed by atoms with E-state index in [1.807, 2.05) is 30.3 Å². The molecule has 1 heterocycles. The Morgan fingerprint density at radius 3 is 2.66 bits per heavy atom. The maximum Gasteiger partial charge on any atom is 0.214 e. The fourth-order valence-electron chi connectivity index (χ4n) is 3.54. The number of phenolic OH excluding ortho intramolecular Hbond substituents is 1. The molecule has 5 rings (SSSR count). The van der Waals surface area contributed by atoms with E-state index in [9.17, 15) is 9.90 Å². The minimum absolute atomic E-state index is 0.0300. The van der Waals surface area contributed by atoms with Crippen molar-refractivity contribution in [2.75, 3.05) is 5.75 Å². The molecule has 29 heavy (non-hydrogen) atoms. The number of benzene rings is 3. The number of carbonyl (C=O) groups is 1. The standard InChI is InChI=1S/C22H16N4O2S/c27-18-9-7-17(8-10-18)26-22(23-24-25-26)29-13-21(28)16-6-5-15-11-14-3-1-2-4-19(14)20(15)12-16/h1-10,12,27H,11,13H2. The summed E-state index contributed by atoms with van der Waals surface area (Å²) in [5, 5.41) is 21.7. The number of nitrogens with zero attached hydrogens (tertiary/aromatic N) is 4. The molecular formula is C22H16N4O2S. The molecular weight excluding hydrogens is 384 g/mol. The highest BCUT2D eigenvalue weighted by molar-refractivity contribution is 7.99. The van der Waals surface area contributed by atoms with Gasteiger partial charge in [-0.15, -0.1) is 5.10 Å². The van der Waals surface area contributed by atoms with Crippen LogP contribution in [-0.2, 0) is 6.42 Å². The fraction of sp³-hybridized carbons (Fsp3) is 0.0909. The van der Waals surface area contributed by atoms with Crippen molar-refractivity contribution in [3.8, 4) is 22.6 Å². The van der Waals surface area contributed by atoms with Crippen molar-refractivity contribution in [2.24, 2.45) is 0 Å². The number of fused-ring (bicyclic) bond motifs is 3. The summed E-state index contributed by atoms with van der Waals surface area (Å²) in [5.41, 5.74) is 6.32. The molecule has 1 aromatic heterocycles. The summed E-state index contributed by atoms with van der Waals surface area (Å²) >= 11 is 1.29. The average molecular weight is 400 g/mol. The number of ketones is 1. The Morgan fingerprint density at radius 1 is 1.00 bits per heavy atom. The zero-order chi connectivity index (χ0) is 19.8. The van der Waals surface area contributed by atoms with Crippen LogP contribution in [0.4, 0.5) is 0 Å². The molecule has 0 spiro atoms. The van der Waals surface area contributed by atoms with Gasteiger partial charge in [-0.05, 0) is 69.4 Å². The molecule has 0 aliphatic heterocycles. The number of aromatic hydroxyl groups is 1. The van der Waals surface area contributed by atoms with Crippen LogP contribution in [0.25, 0.3) is 16.8 Å². The number of carbonyl (C=O) groups excluding carboxylic acids is 1. The van der Waals surface area contributed by atoms with Gasteiger partial charge >= 0.3 is 0 Å². The molecule has 0 radical (unpaired) electrons. The van der Waals surface area contributed by atoms with Crippen LogP contribution < -0.4 is 0 Å². The molecule has 7 heteroatoms. The van der Waals surface area contributed by atoms with Gasteiger partial charge in [-0.25, -0.2) is 0 Å². The van der Waals surface area contributed by atoms with E-state index in [1.165, 1.54) is 28.5 Å². The molecule has 0 atom stereocenters. The van der Waals surface area contributed by atoms with Crippen LogP contribution in [0.1, 0.15) is 21.5 Å². The highest BCUT2D eigenvalue weighted by Gasteiger charge is 2.20. The number of hydrogen-bond acceptors (Lipinski definition) is 6. The molecule has 0 saturated heterocycles.